The molecule has 6 nitrogen and oxygen atoms in total. The average molecular weight is 409 g/mol. The van der Waals surface area contributed by atoms with Crippen molar-refractivity contribution in [1.29, 1.82) is 0 Å². The lowest BCUT2D eigenvalue weighted by Crippen LogP contribution is -2.42. The van der Waals surface area contributed by atoms with E-state index in [1.165, 1.54) is 5.56 Å². The fourth-order valence-corrected chi connectivity index (χ4v) is 3.54. The first kappa shape index (κ1) is 21.7. The van der Waals surface area contributed by atoms with Gasteiger partial charge in [-0.1, -0.05) is 30.3 Å². The third-order valence-corrected chi connectivity index (χ3v) is 5.23. The number of amides is 1. The van der Waals surface area contributed by atoms with Gasteiger partial charge in [0.2, 0.25) is 0 Å². The molecule has 3 rings (SSSR count). The smallest absolute Gasteiger partial charge is 0.253 e. The molecule has 0 spiro atoms. The fourth-order valence-electron chi connectivity index (χ4n) is 3.54. The van der Waals surface area contributed by atoms with Crippen LogP contribution in [0, 0.1) is 0 Å². The molecular formula is C24H32N4O2. The van der Waals surface area contributed by atoms with Gasteiger partial charge in [-0.15, -0.1) is 0 Å². The molecule has 0 saturated carbocycles. The maximum Gasteiger partial charge on any atom is 0.253 e. The monoisotopic (exact) mass is 408 g/mol. The van der Waals surface area contributed by atoms with Crippen LogP contribution in [0.3, 0.4) is 0 Å². The number of carbonyl (C=O) groups excluding carboxylic acids is 1. The summed E-state index contributed by atoms with van der Waals surface area (Å²) in [5.74, 6) is 1.81. The van der Waals surface area contributed by atoms with E-state index in [1.54, 1.807) is 0 Å². The lowest BCUT2D eigenvalue weighted by Gasteiger charge is -2.18. The summed E-state index contributed by atoms with van der Waals surface area (Å²) in [5, 5.41) is 6.66. The third kappa shape index (κ3) is 5.53. The Bertz CT molecular complexity index is 835. The number of rotatable bonds is 8. The van der Waals surface area contributed by atoms with Gasteiger partial charge in [-0.2, -0.15) is 0 Å². The van der Waals surface area contributed by atoms with Crippen LogP contribution in [0.1, 0.15) is 42.3 Å². The van der Waals surface area contributed by atoms with Gasteiger partial charge in [0.1, 0.15) is 11.9 Å². The van der Waals surface area contributed by atoms with E-state index in [1.807, 2.05) is 68.1 Å². The van der Waals surface area contributed by atoms with E-state index in [0.29, 0.717) is 13.1 Å². The predicted molar refractivity (Wildman–Crippen MR) is 121 cm³/mol. The Kier molecular flexibility index (Phi) is 7.71. The molecule has 0 fully saturated rings. The molecule has 0 saturated heterocycles. The van der Waals surface area contributed by atoms with Crippen molar-refractivity contribution in [1.82, 2.24) is 15.5 Å². The zero-order valence-corrected chi connectivity index (χ0v) is 18.1. The zero-order chi connectivity index (χ0) is 21.3. The number of para-hydroxylation sites is 1. The second-order valence-corrected chi connectivity index (χ2v) is 7.30. The van der Waals surface area contributed by atoms with Crippen LogP contribution in [0.4, 0.5) is 0 Å². The van der Waals surface area contributed by atoms with Gasteiger partial charge in [-0.3, -0.25) is 4.79 Å². The number of fused-ring (bicyclic) bond motifs is 1. The number of ether oxygens (including phenoxy) is 1. The molecule has 1 aliphatic rings. The zero-order valence-electron chi connectivity index (χ0n) is 18.1. The number of nitrogens with zero attached hydrogens (tertiary/aromatic N) is 2. The summed E-state index contributed by atoms with van der Waals surface area (Å²) in [6, 6.07) is 15.9. The van der Waals surface area contributed by atoms with Crippen LogP contribution < -0.4 is 15.4 Å². The molecule has 1 unspecified atom stereocenters. The van der Waals surface area contributed by atoms with Crippen molar-refractivity contribution < 1.29 is 9.53 Å². The summed E-state index contributed by atoms with van der Waals surface area (Å²) in [4.78, 5) is 18.9. The molecule has 6 heteroatoms. The standard InChI is InChI=1S/C24H32N4O2/c1-4-25-24(27-17-21-15-20-9-7-8-10-22(20)30-21)26-16-18-11-13-19(14-12-18)23(29)28(5-2)6-3/h7-14,21H,4-6,15-17H2,1-3H3,(H2,25,26,27). The molecule has 1 aliphatic heterocycles. The predicted octanol–water partition coefficient (Wildman–Crippen LogP) is 3.23. The van der Waals surface area contributed by atoms with Crippen molar-refractivity contribution >= 4 is 11.9 Å². The second kappa shape index (κ2) is 10.7. The molecule has 1 heterocycles. The number of hydrogen-bond donors (Lipinski definition) is 2. The van der Waals surface area contributed by atoms with E-state index >= 15 is 0 Å². The van der Waals surface area contributed by atoms with Crippen molar-refractivity contribution in [2.45, 2.75) is 39.8 Å². The number of guanidine groups is 1. The lowest BCUT2D eigenvalue weighted by molar-refractivity contribution is 0.0773. The molecule has 0 radical (unpaired) electrons. The maximum atomic E-state index is 12.4. The third-order valence-electron chi connectivity index (χ3n) is 5.23. The number of aliphatic imine (C=N–C) groups is 1. The Morgan fingerprint density at radius 3 is 2.47 bits per heavy atom. The van der Waals surface area contributed by atoms with Gasteiger partial charge in [-0.25, -0.2) is 4.99 Å². The van der Waals surface area contributed by atoms with E-state index in [0.717, 1.165) is 48.9 Å². The minimum Gasteiger partial charge on any atom is -0.488 e. The van der Waals surface area contributed by atoms with Crippen LogP contribution in [0.2, 0.25) is 0 Å². The molecule has 2 aromatic carbocycles. The maximum absolute atomic E-state index is 12.4. The van der Waals surface area contributed by atoms with E-state index in [9.17, 15) is 4.79 Å². The van der Waals surface area contributed by atoms with Gasteiger partial charge in [0.05, 0.1) is 13.1 Å². The Morgan fingerprint density at radius 2 is 1.80 bits per heavy atom. The molecule has 1 amide bonds. The highest BCUT2D eigenvalue weighted by molar-refractivity contribution is 5.94. The Hall–Kier alpha value is -3.02. The quantitative estimate of drug-likeness (QED) is 0.520. The first-order valence-corrected chi connectivity index (χ1v) is 10.8. The number of carbonyl (C=O) groups is 1. The van der Waals surface area contributed by atoms with Crippen molar-refractivity contribution in [3.8, 4) is 5.75 Å². The molecule has 2 aromatic rings. The van der Waals surface area contributed by atoms with Crippen LogP contribution in [0.5, 0.6) is 5.75 Å². The van der Waals surface area contributed by atoms with E-state index in [4.69, 9.17) is 4.74 Å². The van der Waals surface area contributed by atoms with Gasteiger partial charge in [0, 0.05) is 31.6 Å². The van der Waals surface area contributed by atoms with Crippen molar-refractivity contribution in [3.05, 3.63) is 65.2 Å². The molecule has 0 aromatic heterocycles. The van der Waals surface area contributed by atoms with E-state index < -0.39 is 0 Å². The molecule has 160 valence electrons. The Balaban J connectivity index is 1.55. The van der Waals surface area contributed by atoms with Gasteiger partial charge < -0.3 is 20.3 Å². The largest absolute Gasteiger partial charge is 0.488 e. The summed E-state index contributed by atoms with van der Waals surface area (Å²) in [7, 11) is 0. The highest BCUT2D eigenvalue weighted by atomic mass is 16.5. The topological polar surface area (TPSA) is 66.0 Å². The first-order chi connectivity index (χ1) is 14.6. The first-order valence-electron chi connectivity index (χ1n) is 10.8. The van der Waals surface area contributed by atoms with Crippen molar-refractivity contribution in [2.75, 3.05) is 26.2 Å². The summed E-state index contributed by atoms with van der Waals surface area (Å²) in [6.45, 7) is 9.49. The van der Waals surface area contributed by atoms with Crippen LogP contribution >= 0.6 is 0 Å². The van der Waals surface area contributed by atoms with Gasteiger partial charge in [0.25, 0.3) is 5.91 Å². The number of hydrogen-bond acceptors (Lipinski definition) is 3. The van der Waals surface area contributed by atoms with Crippen molar-refractivity contribution in [3.63, 3.8) is 0 Å². The molecule has 0 aliphatic carbocycles. The number of nitrogens with one attached hydrogen (secondary N) is 2. The highest BCUT2D eigenvalue weighted by Crippen LogP contribution is 2.27. The fraction of sp³-hybridized carbons (Fsp3) is 0.417. The molecular weight excluding hydrogens is 376 g/mol. The minimum atomic E-state index is 0.0719. The van der Waals surface area contributed by atoms with Crippen LogP contribution in [-0.4, -0.2) is 49.0 Å². The van der Waals surface area contributed by atoms with Gasteiger partial charge in [-0.05, 0) is 50.1 Å². The van der Waals surface area contributed by atoms with Crippen LogP contribution in [0.15, 0.2) is 53.5 Å². The summed E-state index contributed by atoms with van der Waals surface area (Å²) in [5.41, 5.74) is 3.04. The summed E-state index contributed by atoms with van der Waals surface area (Å²) < 4.78 is 5.99. The summed E-state index contributed by atoms with van der Waals surface area (Å²) >= 11 is 0. The minimum absolute atomic E-state index is 0.0719. The molecule has 30 heavy (non-hydrogen) atoms. The van der Waals surface area contributed by atoms with E-state index in [2.05, 4.69) is 21.7 Å². The molecule has 2 N–H and O–H groups in total. The molecule has 1 atom stereocenters. The summed E-state index contributed by atoms with van der Waals surface area (Å²) in [6.07, 6.45) is 1.02. The van der Waals surface area contributed by atoms with Crippen LogP contribution in [-0.2, 0) is 13.0 Å². The average Bonchev–Trinajstić information content (AvgIpc) is 3.20. The second-order valence-electron chi connectivity index (χ2n) is 7.30. The number of benzene rings is 2. The van der Waals surface area contributed by atoms with Gasteiger partial charge >= 0.3 is 0 Å². The van der Waals surface area contributed by atoms with Crippen LogP contribution in [0.25, 0.3) is 0 Å². The van der Waals surface area contributed by atoms with E-state index in [-0.39, 0.29) is 12.0 Å². The Labute approximate surface area is 179 Å². The highest BCUT2D eigenvalue weighted by Gasteiger charge is 2.22. The Morgan fingerprint density at radius 1 is 1.07 bits per heavy atom. The van der Waals surface area contributed by atoms with Gasteiger partial charge in [0.15, 0.2) is 5.96 Å². The molecule has 0 bridgehead atoms. The van der Waals surface area contributed by atoms with Crippen molar-refractivity contribution in [2.24, 2.45) is 4.99 Å². The normalized spacial score (nSPS) is 15.3. The lowest BCUT2D eigenvalue weighted by atomic mass is 10.1. The SMILES string of the molecule is CCNC(=NCc1ccc(C(=O)N(CC)CC)cc1)NCC1Cc2ccccc2O1.